The lowest BCUT2D eigenvalue weighted by atomic mass is 9.99. The number of nitrogens with zero attached hydrogens (tertiary/aromatic N) is 1. The number of fused-ring (bicyclic) bond motifs is 2. The lowest BCUT2D eigenvalue weighted by Gasteiger charge is -2.31. The summed E-state index contributed by atoms with van der Waals surface area (Å²) in [6.45, 7) is 5.99. The minimum Gasteiger partial charge on any atom is -0.493 e. The molecule has 0 bridgehead atoms. The second-order valence-electron chi connectivity index (χ2n) is 9.13. The summed E-state index contributed by atoms with van der Waals surface area (Å²) >= 11 is 0. The van der Waals surface area contributed by atoms with E-state index >= 15 is 0 Å². The largest absolute Gasteiger partial charge is 0.493 e. The Morgan fingerprint density at radius 2 is 1.69 bits per heavy atom. The molecule has 2 aromatic rings. The molecule has 0 radical (unpaired) electrons. The van der Waals surface area contributed by atoms with Crippen LogP contribution in [0.3, 0.4) is 0 Å². The highest BCUT2D eigenvalue weighted by atomic mass is 16.6. The van der Waals surface area contributed by atoms with Crippen LogP contribution in [0.2, 0.25) is 0 Å². The summed E-state index contributed by atoms with van der Waals surface area (Å²) in [7, 11) is 3.20. The number of nitrogens with one attached hydrogen (secondary N) is 2. The van der Waals surface area contributed by atoms with Crippen molar-refractivity contribution in [2.24, 2.45) is 5.92 Å². The fourth-order valence-corrected chi connectivity index (χ4v) is 4.35. The lowest BCUT2D eigenvalue weighted by molar-refractivity contribution is -0.118. The number of ether oxygens (including phenoxy) is 4. The fourth-order valence-electron chi connectivity index (χ4n) is 4.35. The third kappa shape index (κ3) is 5.72. The highest BCUT2D eigenvalue weighted by Crippen LogP contribution is 2.34. The molecule has 2 aromatic carbocycles. The maximum Gasteiger partial charge on any atom is 0.318 e. The Morgan fingerprint density at radius 1 is 1.00 bits per heavy atom. The van der Waals surface area contributed by atoms with E-state index in [1.807, 2.05) is 26.0 Å². The maximum absolute atomic E-state index is 13.2. The molecular formula is C26H33N3O6. The minimum atomic E-state index is -0.678. The predicted octanol–water partition coefficient (Wildman–Crippen LogP) is 3.60. The molecular weight excluding hydrogens is 450 g/mol. The van der Waals surface area contributed by atoms with Crippen molar-refractivity contribution in [1.29, 1.82) is 0 Å². The van der Waals surface area contributed by atoms with E-state index in [-0.39, 0.29) is 17.9 Å². The summed E-state index contributed by atoms with van der Waals surface area (Å²) in [6, 6.07) is 8.21. The predicted molar refractivity (Wildman–Crippen MR) is 131 cm³/mol. The zero-order valence-corrected chi connectivity index (χ0v) is 20.7. The molecule has 9 heteroatoms. The molecule has 2 aliphatic rings. The van der Waals surface area contributed by atoms with Gasteiger partial charge in [-0.15, -0.1) is 0 Å². The number of hydrogen-bond acceptors (Lipinski definition) is 6. The van der Waals surface area contributed by atoms with Crippen LogP contribution in [0.25, 0.3) is 0 Å². The third-order valence-electron chi connectivity index (χ3n) is 6.14. The van der Waals surface area contributed by atoms with Gasteiger partial charge < -0.3 is 34.5 Å². The highest BCUT2D eigenvalue weighted by molar-refractivity contribution is 5.97. The topological polar surface area (TPSA) is 98.4 Å². The zero-order chi connectivity index (χ0) is 24.9. The van der Waals surface area contributed by atoms with Crippen LogP contribution < -0.4 is 29.6 Å². The van der Waals surface area contributed by atoms with E-state index in [2.05, 4.69) is 10.6 Å². The highest BCUT2D eigenvalue weighted by Gasteiger charge is 2.28. The Hall–Kier alpha value is -3.62. The van der Waals surface area contributed by atoms with E-state index in [0.717, 1.165) is 11.1 Å². The minimum absolute atomic E-state index is 0.213. The average molecular weight is 484 g/mol. The fraction of sp³-hybridized carbons (Fsp3) is 0.462. The molecule has 4 rings (SSSR count). The average Bonchev–Trinajstić information content (AvgIpc) is 2.86. The standard InChI is InChI=1S/C26H33N3O6/c1-16(2)11-20(25(30)27-19-5-6-21-24(14-19)35-10-9-34-21)28-26(31)29-8-7-17-12-22(32-3)23(33-4)13-18(17)15-29/h5-6,12-14,16,20H,7-11,15H2,1-4H3,(H,27,30)(H,28,31)/t20-/m1/s1. The second kappa shape index (κ2) is 10.8. The van der Waals surface area contributed by atoms with Crippen LogP contribution >= 0.6 is 0 Å². The van der Waals surface area contributed by atoms with Crippen LogP contribution in [0.5, 0.6) is 23.0 Å². The Bertz CT molecular complexity index is 1090. The summed E-state index contributed by atoms with van der Waals surface area (Å²) in [5.41, 5.74) is 2.72. The Morgan fingerprint density at radius 3 is 2.37 bits per heavy atom. The summed E-state index contributed by atoms with van der Waals surface area (Å²) in [5.74, 6) is 2.50. The molecule has 2 N–H and O–H groups in total. The smallest absolute Gasteiger partial charge is 0.318 e. The van der Waals surface area contributed by atoms with Gasteiger partial charge in [-0.05, 0) is 54.2 Å². The van der Waals surface area contributed by atoms with Crippen LogP contribution in [-0.4, -0.2) is 56.9 Å². The van der Waals surface area contributed by atoms with Crippen LogP contribution in [0.15, 0.2) is 30.3 Å². The van der Waals surface area contributed by atoms with Gasteiger partial charge in [-0.3, -0.25) is 4.79 Å². The molecule has 0 unspecified atom stereocenters. The number of carbonyl (C=O) groups excluding carboxylic acids is 2. The molecule has 0 fully saturated rings. The Balaban J connectivity index is 1.44. The van der Waals surface area contributed by atoms with Gasteiger partial charge in [0.05, 0.1) is 14.2 Å². The van der Waals surface area contributed by atoms with Gasteiger partial charge in [-0.1, -0.05) is 13.8 Å². The molecule has 0 spiro atoms. The van der Waals surface area contributed by atoms with E-state index < -0.39 is 6.04 Å². The van der Waals surface area contributed by atoms with Crippen molar-refractivity contribution in [2.75, 3.05) is 39.3 Å². The van der Waals surface area contributed by atoms with Gasteiger partial charge in [0.15, 0.2) is 23.0 Å². The molecule has 1 atom stereocenters. The molecule has 188 valence electrons. The molecule has 9 nitrogen and oxygen atoms in total. The Kier molecular flexibility index (Phi) is 7.53. The first-order valence-electron chi connectivity index (χ1n) is 11.9. The van der Waals surface area contributed by atoms with Gasteiger partial charge in [-0.2, -0.15) is 0 Å². The monoisotopic (exact) mass is 483 g/mol. The van der Waals surface area contributed by atoms with Crippen molar-refractivity contribution >= 4 is 17.6 Å². The van der Waals surface area contributed by atoms with Crippen molar-refractivity contribution in [3.8, 4) is 23.0 Å². The summed E-state index contributed by atoms with van der Waals surface area (Å²) < 4.78 is 22.0. The van der Waals surface area contributed by atoms with E-state index in [1.54, 1.807) is 37.3 Å². The van der Waals surface area contributed by atoms with Crippen molar-refractivity contribution in [2.45, 2.75) is 39.3 Å². The maximum atomic E-state index is 13.2. The van der Waals surface area contributed by atoms with Gasteiger partial charge in [0.25, 0.3) is 0 Å². The number of methoxy groups -OCH3 is 2. The number of anilines is 1. The first kappa shape index (κ1) is 24.5. The first-order valence-corrected chi connectivity index (χ1v) is 11.9. The van der Waals surface area contributed by atoms with Gasteiger partial charge in [-0.25, -0.2) is 4.79 Å². The number of carbonyl (C=O) groups is 2. The van der Waals surface area contributed by atoms with E-state index in [4.69, 9.17) is 18.9 Å². The number of benzene rings is 2. The summed E-state index contributed by atoms with van der Waals surface area (Å²) in [6.07, 6.45) is 1.21. The Labute approximate surface area is 205 Å². The quantitative estimate of drug-likeness (QED) is 0.625. The van der Waals surface area contributed by atoms with Crippen LogP contribution in [-0.2, 0) is 17.8 Å². The number of urea groups is 1. The molecule has 0 saturated carbocycles. The van der Waals surface area contributed by atoms with Crippen molar-refractivity contribution in [3.63, 3.8) is 0 Å². The molecule has 35 heavy (non-hydrogen) atoms. The number of amides is 3. The van der Waals surface area contributed by atoms with E-state index in [1.165, 1.54) is 0 Å². The summed E-state index contributed by atoms with van der Waals surface area (Å²) in [5, 5.41) is 5.86. The van der Waals surface area contributed by atoms with Crippen molar-refractivity contribution < 1.29 is 28.5 Å². The van der Waals surface area contributed by atoms with Gasteiger partial charge in [0.1, 0.15) is 19.3 Å². The lowest BCUT2D eigenvalue weighted by Crippen LogP contribution is -2.51. The normalized spacial score (nSPS) is 15.2. The van der Waals surface area contributed by atoms with Crippen LogP contribution in [0.1, 0.15) is 31.4 Å². The third-order valence-corrected chi connectivity index (χ3v) is 6.14. The molecule has 0 saturated heterocycles. The van der Waals surface area contributed by atoms with Gasteiger partial charge in [0.2, 0.25) is 5.91 Å². The summed E-state index contributed by atoms with van der Waals surface area (Å²) in [4.78, 5) is 28.0. The van der Waals surface area contributed by atoms with Crippen LogP contribution in [0, 0.1) is 5.92 Å². The molecule has 3 amide bonds. The molecule has 0 aromatic heterocycles. The van der Waals surface area contributed by atoms with Crippen LogP contribution in [0.4, 0.5) is 10.5 Å². The molecule has 2 heterocycles. The first-order chi connectivity index (χ1) is 16.9. The SMILES string of the molecule is COc1cc2c(cc1OC)CN(C(=O)N[C@H](CC(C)C)C(=O)Nc1ccc3c(c1)OCCO3)CC2. The molecule has 2 aliphatic heterocycles. The second-order valence-corrected chi connectivity index (χ2v) is 9.13. The number of rotatable bonds is 7. The number of hydrogen-bond donors (Lipinski definition) is 2. The molecule has 0 aliphatic carbocycles. The van der Waals surface area contributed by atoms with Crippen molar-refractivity contribution in [1.82, 2.24) is 10.2 Å². The van der Waals surface area contributed by atoms with E-state index in [0.29, 0.717) is 67.8 Å². The zero-order valence-electron chi connectivity index (χ0n) is 20.7. The van der Waals surface area contributed by atoms with Gasteiger partial charge >= 0.3 is 6.03 Å². The van der Waals surface area contributed by atoms with E-state index in [9.17, 15) is 9.59 Å². The van der Waals surface area contributed by atoms with Gasteiger partial charge in [0, 0.05) is 24.8 Å². The van der Waals surface area contributed by atoms with Crippen molar-refractivity contribution in [3.05, 3.63) is 41.5 Å².